The second-order valence-corrected chi connectivity index (χ2v) is 4.45. The number of benzene rings is 2. The van der Waals surface area contributed by atoms with Gasteiger partial charge in [0, 0.05) is 18.6 Å². The maximum absolute atomic E-state index is 10.5. The summed E-state index contributed by atoms with van der Waals surface area (Å²) in [4.78, 5) is 10.1. The number of non-ortho nitro benzene ring substituents is 1. The van der Waals surface area contributed by atoms with Gasteiger partial charge < -0.3 is 14.2 Å². The number of ether oxygens (including phenoxy) is 3. The average molecular weight is 303 g/mol. The summed E-state index contributed by atoms with van der Waals surface area (Å²) in [5.41, 5.74) is 0.0480. The Morgan fingerprint density at radius 3 is 2.23 bits per heavy atom. The van der Waals surface area contributed by atoms with Crippen LogP contribution >= 0.6 is 0 Å². The largest absolute Gasteiger partial charge is 0.493 e. The Morgan fingerprint density at radius 1 is 0.955 bits per heavy atom. The SMILES string of the molecule is COc1ccccc1OCCCOc1ccc([N+](=O)[O-])cc1. The van der Waals surface area contributed by atoms with Gasteiger partial charge in [0.2, 0.25) is 0 Å². The van der Waals surface area contributed by atoms with Crippen molar-refractivity contribution in [2.24, 2.45) is 0 Å². The Balaban J connectivity index is 1.72. The second kappa shape index (κ2) is 7.87. The molecule has 0 aliphatic carbocycles. The second-order valence-electron chi connectivity index (χ2n) is 4.45. The van der Waals surface area contributed by atoms with E-state index >= 15 is 0 Å². The number of nitrogens with zero attached hydrogens (tertiary/aromatic N) is 1. The summed E-state index contributed by atoms with van der Waals surface area (Å²) in [6, 6.07) is 13.4. The summed E-state index contributed by atoms with van der Waals surface area (Å²) in [5, 5.41) is 10.5. The quantitative estimate of drug-likeness (QED) is 0.424. The van der Waals surface area contributed by atoms with Crippen molar-refractivity contribution in [3.63, 3.8) is 0 Å². The highest BCUT2D eigenvalue weighted by Crippen LogP contribution is 2.25. The van der Waals surface area contributed by atoms with Crippen molar-refractivity contribution < 1.29 is 19.1 Å². The molecule has 0 aromatic heterocycles. The Kier molecular flexibility index (Phi) is 5.59. The van der Waals surface area contributed by atoms with Crippen molar-refractivity contribution in [2.45, 2.75) is 6.42 Å². The van der Waals surface area contributed by atoms with Crippen LogP contribution in [0.15, 0.2) is 48.5 Å². The van der Waals surface area contributed by atoms with Gasteiger partial charge >= 0.3 is 0 Å². The van der Waals surface area contributed by atoms with Gasteiger partial charge in [-0.15, -0.1) is 0 Å². The third-order valence-electron chi connectivity index (χ3n) is 2.93. The van der Waals surface area contributed by atoms with Crippen molar-refractivity contribution in [1.82, 2.24) is 0 Å². The van der Waals surface area contributed by atoms with Crippen LogP contribution in [0.4, 0.5) is 5.69 Å². The molecule has 0 radical (unpaired) electrons. The van der Waals surface area contributed by atoms with Crippen LogP contribution < -0.4 is 14.2 Å². The fourth-order valence-electron chi connectivity index (χ4n) is 1.83. The summed E-state index contributed by atoms with van der Waals surface area (Å²) in [5.74, 6) is 1.99. The Hall–Kier alpha value is -2.76. The van der Waals surface area contributed by atoms with E-state index in [1.165, 1.54) is 12.1 Å². The predicted molar refractivity (Wildman–Crippen MR) is 81.7 cm³/mol. The van der Waals surface area contributed by atoms with Crippen LogP contribution in [0.1, 0.15) is 6.42 Å². The van der Waals surface area contributed by atoms with Gasteiger partial charge in [-0.2, -0.15) is 0 Å². The zero-order valence-corrected chi connectivity index (χ0v) is 12.2. The molecule has 116 valence electrons. The van der Waals surface area contributed by atoms with Crippen LogP contribution in [0.3, 0.4) is 0 Å². The highest BCUT2D eigenvalue weighted by Gasteiger charge is 2.05. The van der Waals surface area contributed by atoms with Gasteiger partial charge in [-0.1, -0.05) is 12.1 Å². The monoisotopic (exact) mass is 303 g/mol. The molecular weight excluding hydrogens is 286 g/mol. The first-order chi connectivity index (χ1) is 10.7. The number of nitro benzene ring substituents is 1. The smallest absolute Gasteiger partial charge is 0.269 e. The van der Waals surface area contributed by atoms with Crippen LogP contribution in [0.25, 0.3) is 0 Å². The molecule has 0 bridgehead atoms. The third kappa shape index (κ3) is 4.37. The lowest BCUT2D eigenvalue weighted by molar-refractivity contribution is -0.384. The molecule has 0 N–H and O–H groups in total. The van der Waals surface area contributed by atoms with Gasteiger partial charge in [-0.3, -0.25) is 10.1 Å². The van der Waals surface area contributed by atoms with Crippen molar-refractivity contribution in [3.8, 4) is 17.2 Å². The maximum Gasteiger partial charge on any atom is 0.269 e. The molecule has 0 heterocycles. The van der Waals surface area contributed by atoms with E-state index in [0.717, 1.165) is 0 Å². The van der Waals surface area contributed by atoms with E-state index < -0.39 is 4.92 Å². The summed E-state index contributed by atoms with van der Waals surface area (Å²) >= 11 is 0. The fraction of sp³-hybridized carbons (Fsp3) is 0.250. The molecule has 6 nitrogen and oxygen atoms in total. The highest BCUT2D eigenvalue weighted by molar-refractivity contribution is 5.39. The van der Waals surface area contributed by atoms with Gasteiger partial charge in [-0.05, 0) is 24.3 Å². The molecule has 2 aromatic rings. The van der Waals surface area contributed by atoms with E-state index in [1.807, 2.05) is 24.3 Å². The lowest BCUT2D eigenvalue weighted by atomic mass is 10.3. The van der Waals surface area contributed by atoms with Gasteiger partial charge in [0.15, 0.2) is 11.5 Å². The molecule has 0 saturated heterocycles. The molecule has 0 aliphatic heterocycles. The van der Waals surface area contributed by atoms with Gasteiger partial charge in [-0.25, -0.2) is 0 Å². The van der Waals surface area contributed by atoms with E-state index in [2.05, 4.69) is 0 Å². The van der Waals surface area contributed by atoms with E-state index in [9.17, 15) is 10.1 Å². The first-order valence-electron chi connectivity index (χ1n) is 6.84. The molecule has 0 fully saturated rings. The van der Waals surface area contributed by atoms with Crippen LogP contribution in [0.2, 0.25) is 0 Å². The summed E-state index contributed by atoms with van der Waals surface area (Å²) in [6.45, 7) is 0.959. The Labute approximate surface area is 128 Å². The number of hydrogen-bond donors (Lipinski definition) is 0. The van der Waals surface area contributed by atoms with Crippen LogP contribution in [-0.4, -0.2) is 25.2 Å². The molecule has 0 atom stereocenters. The van der Waals surface area contributed by atoms with Gasteiger partial charge in [0.25, 0.3) is 5.69 Å². The topological polar surface area (TPSA) is 70.8 Å². The van der Waals surface area contributed by atoms with Crippen molar-refractivity contribution >= 4 is 5.69 Å². The molecule has 0 saturated carbocycles. The van der Waals surface area contributed by atoms with Gasteiger partial charge in [0.05, 0.1) is 25.2 Å². The first kappa shape index (κ1) is 15.6. The minimum atomic E-state index is -0.440. The summed E-state index contributed by atoms with van der Waals surface area (Å²) < 4.78 is 16.3. The molecule has 0 amide bonds. The van der Waals surface area contributed by atoms with E-state index in [1.54, 1.807) is 19.2 Å². The first-order valence-corrected chi connectivity index (χ1v) is 6.84. The number of rotatable bonds is 8. The van der Waals surface area contributed by atoms with Crippen LogP contribution in [-0.2, 0) is 0 Å². The molecule has 0 unspecified atom stereocenters. The average Bonchev–Trinajstić information content (AvgIpc) is 2.55. The highest BCUT2D eigenvalue weighted by atomic mass is 16.6. The van der Waals surface area contributed by atoms with Crippen molar-refractivity contribution in [2.75, 3.05) is 20.3 Å². The number of hydrogen-bond acceptors (Lipinski definition) is 5. The lowest BCUT2D eigenvalue weighted by Crippen LogP contribution is -2.05. The van der Waals surface area contributed by atoms with Crippen LogP contribution in [0.5, 0.6) is 17.2 Å². The molecule has 6 heteroatoms. The number of nitro groups is 1. The molecule has 2 aromatic carbocycles. The zero-order valence-electron chi connectivity index (χ0n) is 12.2. The predicted octanol–water partition coefficient (Wildman–Crippen LogP) is 3.45. The molecule has 2 rings (SSSR count). The van der Waals surface area contributed by atoms with E-state index in [-0.39, 0.29) is 5.69 Å². The van der Waals surface area contributed by atoms with Crippen molar-refractivity contribution in [3.05, 3.63) is 58.6 Å². The normalized spacial score (nSPS) is 10.0. The summed E-state index contributed by atoms with van der Waals surface area (Å²) in [7, 11) is 1.60. The van der Waals surface area contributed by atoms with E-state index in [4.69, 9.17) is 14.2 Å². The van der Waals surface area contributed by atoms with E-state index in [0.29, 0.717) is 36.9 Å². The molecule has 0 aliphatic rings. The van der Waals surface area contributed by atoms with Gasteiger partial charge in [0.1, 0.15) is 5.75 Å². The molecule has 22 heavy (non-hydrogen) atoms. The third-order valence-corrected chi connectivity index (χ3v) is 2.93. The Bertz CT molecular complexity index is 612. The maximum atomic E-state index is 10.5. The molecular formula is C16H17NO5. The summed E-state index contributed by atoms with van der Waals surface area (Å²) in [6.07, 6.45) is 0.690. The fourth-order valence-corrected chi connectivity index (χ4v) is 1.83. The minimum absolute atomic E-state index is 0.0480. The zero-order chi connectivity index (χ0) is 15.8. The van der Waals surface area contributed by atoms with Crippen molar-refractivity contribution in [1.29, 1.82) is 0 Å². The Morgan fingerprint density at radius 2 is 1.59 bits per heavy atom. The minimum Gasteiger partial charge on any atom is -0.493 e. The number of para-hydroxylation sites is 2. The standard InChI is InChI=1S/C16H17NO5/c1-20-15-5-2-3-6-16(15)22-12-4-11-21-14-9-7-13(8-10-14)17(18)19/h2-3,5-10H,4,11-12H2,1H3. The lowest BCUT2D eigenvalue weighted by Gasteiger charge is -2.10. The van der Waals surface area contributed by atoms with Crippen LogP contribution in [0, 0.1) is 10.1 Å². The molecule has 0 spiro atoms. The number of methoxy groups -OCH3 is 1.